The second-order valence-corrected chi connectivity index (χ2v) is 5.89. The van der Waals surface area contributed by atoms with E-state index < -0.39 is 5.54 Å². The molecule has 0 aliphatic carbocycles. The van der Waals surface area contributed by atoms with E-state index >= 15 is 0 Å². The fourth-order valence-electron chi connectivity index (χ4n) is 2.99. The summed E-state index contributed by atoms with van der Waals surface area (Å²) in [5, 5.41) is 3.48. The Bertz CT molecular complexity index is 256. The summed E-state index contributed by atoms with van der Waals surface area (Å²) >= 11 is 0. The van der Waals surface area contributed by atoms with Gasteiger partial charge in [0, 0.05) is 11.1 Å². The quantitative estimate of drug-likeness (QED) is 0.634. The Morgan fingerprint density at radius 1 is 1.20 bits per heavy atom. The minimum Gasteiger partial charge on any atom is -0.468 e. The van der Waals surface area contributed by atoms with Gasteiger partial charge in [-0.1, -0.05) is 0 Å². The van der Waals surface area contributed by atoms with Crippen LogP contribution in [0.1, 0.15) is 40.5 Å². The topological polar surface area (TPSA) is 64.3 Å². The fraction of sp³-hybridized carbons (Fsp3) is 0.909. The zero-order chi connectivity index (χ0) is 11.9. The Balaban J connectivity index is 2.97. The standard InChI is InChI=1S/C11H22N2O2/c1-9(2)6-11(12,8(14)15-5)7-10(3,4)13-9/h13H,6-7,12H2,1-5H3. The van der Waals surface area contributed by atoms with Crippen LogP contribution in [0.15, 0.2) is 0 Å². The van der Waals surface area contributed by atoms with Crippen LogP contribution in [0.5, 0.6) is 0 Å². The van der Waals surface area contributed by atoms with Crippen LogP contribution in [0.25, 0.3) is 0 Å². The van der Waals surface area contributed by atoms with Crippen molar-refractivity contribution in [3.05, 3.63) is 0 Å². The van der Waals surface area contributed by atoms with Crippen molar-refractivity contribution in [3.63, 3.8) is 0 Å². The molecule has 0 spiro atoms. The SMILES string of the molecule is COC(=O)C1(N)CC(C)(C)NC(C)(C)C1. The number of hydrogen-bond acceptors (Lipinski definition) is 4. The van der Waals surface area contributed by atoms with E-state index in [9.17, 15) is 4.79 Å². The maximum atomic E-state index is 11.7. The van der Waals surface area contributed by atoms with E-state index in [1.165, 1.54) is 7.11 Å². The number of methoxy groups -OCH3 is 1. The van der Waals surface area contributed by atoms with Crippen molar-refractivity contribution >= 4 is 5.97 Å². The average Bonchev–Trinajstić information content (AvgIpc) is 1.95. The third kappa shape index (κ3) is 2.69. The van der Waals surface area contributed by atoms with Gasteiger partial charge in [0.25, 0.3) is 0 Å². The summed E-state index contributed by atoms with van der Waals surface area (Å²) in [5.41, 5.74) is 4.99. The monoisotopic (exact) mass is 214 g/mol. The van der Waals surface area contributed by atoms with Gasteiger partial charge in [-0.3, -0.25) is 4.79 Å². The molecule has 0 atom stereocenters. The first-order chi connectivity index (χ1) is 6.60. The molecule has 1 aliphatic rings. The number of ether oxygens (including phenoxy) is 1. The smallest absolute Gasteiger partial charge is 0.325 e. The van der Waals surface area contributed by atoms with Gasteiger partial charge in [0.05, 0.1) is 7.11 Å². The molecule has 4 heteroatoms. The van der Waals surface area contributed by atoms with Crippen LogP contribution in [0.2, 0.25) is 0 Å². The van der Waals surface area contributed by atoms with Crippen molar-refractivity contribution in [2.24, 2.45) is 5.73 Å². The van der Waals surface area contributed by atoms with E-state index in [-0.39, 0.29) is 17.0 Å². The Morgan fingerprint density at radius 2 is 1.60 bits per heavy atom. The van der Waals surface area contributed by atoms with Crippen LogP contribution in [0.4, 0.5) is 0 Å². The van der Waals surface area contributed by atoms with Crippen LogP contribution in [-0.2, 0) is 9.53 Å². The van der Waals surface area contributed by atoms with E-state index in [0.717, 1.165) is 0 Å². The first kappa shape index (κ1) is 12.5. The van der Waals surface area contributed by atoms with Gasteiger partial charge in [-0.25, -0.2) is 0 Å². The van der Waals surface area contributed by atoms with Crippen molar-refractivity contribution in [2.45, 2.75) is 57.2 Å². The molecule has 0 bridgehead atoms. The summed E-state index contributed by atoms with van der Waals surface area (Å²) in [6.07, 6.45) is 1.19. The van der Waals surface area contributed by atoms with Crippen molar-refractivity contribution in [2.75, 3.05) is 7.11 Å². The third-order valence-corrected chi connectivity index (χ3v) is 2.78. The summed E-state index contributed by atoms with van der Waals surface area (Å²) in [6, 6.07) is 0. The highest BCUT2D eigenvalue weighted by atomic mass is 16.5. The van der Waals surface area contributed by atoms with Gasteiger partial charge in [0.15, 0.2) is 0 Å². The maximum Gasteiger partial charge on any atom is 0.325 e. The number of nitrogens with one attached hydrogen (secondary N) is 1. The molecule has 0 radical (unpaired) electrons. The summed E-state index contributed by atoms with van der Waals surface area (Å²) in [6.45, 7) is 8.22. The van der Waals surface area contributed by atoms with Crippen molar-refractivity contribution < 1.29 is 9.53 Å². The second-order valence-electron chi connectivity index (χ2n) is 5.89. The molecular weight excluding hydrogens is 192 g/mol. The van der Waals surface area contributed by atoms with Crippen molar-refractivity contribution in [1.29, 1.82) is 0 Å². The van der Waals surface area contributed by atoms with Crippen LogP contribution >= 0.6 is 0 Å². The van der Waals surface area contributed by atoms with Gasteiger partial charge in [0.2, 0.25) is 0 Å². The average molecular weight is 214 g/mol. The Hall–Kier alpha value is -0.610. The minimum absolute atomic E-state index is 0.148. The van der Waals surface area contributed by atoms with E-state index in [4.69, 9.17) is 10.5 Å². The number of rotatable bonds is 1. The number of hydrogen-bond donors (Lipinski definition) is 2. The predicted molar refractivity (Wildman–Crippen MR) is 59.5 cm³/mol. The molecule has 1 heterocycles. The molecular formula is C11H22N2O2. The van der Waals surface area contributed by atoms with E-state index in [0.29, 0.717) is 12.8 Å². The molecule has 0 unspecified atom stereocenters. The van der Waals surface area contributed by atoms with Gasteiger partial charge in [0.1, 0.15) is 5.54 Å². The lowest BCUT2D eigenvalue weighted by molar-refractivity contribution is -0.150. The van der Waals surface area contributed by atoms with E-state index in [1.807, 2.05) is 0 Å². The van der Waals surface area contributed by atoms with Crippen LogP contribution in [0, 0.1) is 0 Å². The first-order valence-corrected chi connectivity index (χ1v) is 5.27. The molecule has 1 fully saturated rings. The largest absolute Gasteiger partial charge is 0.468 e. The lowest BCUT2D eigenvalue weighted by Gasteiger charge is -2.49. The van der Waals surface area contributed by atoms with Crippen LogP contribution in [-0.4, -0.2) is 29.7 Å². The number of carbonyl (C=O) groups excluding carboxylic acids is 1. The zero-order valence-corrected chi connectivity index (χ0v) is 10.3. The summed E-state index contributed by atoms with van der Waals surface area (Å²) in [7, 11) is 1.39. The van der Waals surface area contributed by atoms with Gasteiger partial charge in [-0.15, -0.1) is 0 Å². The predicted octanol–water partition coefficient (Wildman–Crippen LogP) is 0.797. The Morgan fingerprint density at radius 3 is 1.93 bits per heavy atom. The molecule has 1 aliphatic heterocycles. The summed E-state index contributed by atoms with van der Waals surface area (Å²) in [4.78, 5) is 11.7. The molecule has 0 amide bonds. The van der Waals surface area contributed by atoms with Gasteiger partial charge < -0.3 is 15.8 Å². The highest BCUT2D eigenvalue weighted by Gasteiger charge is 2.49. The molecule has 4 nitrogen and oxygen atoms in total. The number of esters is 1. The fourth-order valence-corrected chi connectivity index (χ4v) is 2.99. The molecule has 0 aromatic rings. The lowest BCUT2D eigenvalue weighted by atomic mass is 9.71. The van der Waals surface area contributed by atoms with Gasteiger partial charge >= 0.3 is 5.97 Å². The molecule has 0 aromatic carbocycles. The molecule has 3 N–H and O–H groups in total. The second kappa shape index (κ2) is 3.46. The molecule has 15 heavy (non-hydrogen) atoms. The lowest BCUT2D eigenvalue weighted by Crippen LogP contribution is -2.69. The maximum absolute atomic E-state index is 11.7. The third-order valence-electron chi connectivity index (χ3n) is 2.78. The molecule has 0 saturated carbocycles. The molecule has 0 aromatic heterocycles. The van der Waals surface area contributed by atoms with E-state index in [1.54, 1.807) is 0 Å². The molecule has 1 saturated heterocycles. The zero-order valence-electron chi connectivity index (χ0n) is 10.3. The minimum atomic E-state index is -0.868. The van der Waals surface area contributed by atoms with Crippen LogP contribution < -0.4 is 11.1 Å². The highest BCUT2D eigenvalue weighted by molar-refractivity contribution is 5.81. The van der Waals surface area contributed by atoms with Crippen molar-refractivity contribution in [3.8, 4) is 0 Å². The molecule has 1 rings (SSSR count). The van der Waals surface area contributed by atoms with Gasteiger partial charge in [-0.2, -0.15) is 0 Å². The highest BCUT2D eigenvalue weighted by Crippen LogP contribution is 2.34. The summed E-state index contributed by atoms with van der Waals surface area (Å²) < 4.78 is 4.79. The summed E-state index contributed by atoms with van der Waals surface area (Å²) in [5.74, 6) is -0.315. The van der Waals surface area contributed by atoms with E-state index in [2.05, 4.69) is 33.0 Å². The normalized spacial score (nSPS) is 27.1. The number of piperidine rings is 1. The van der Waals surface area contributed by atoms with Gasteiger partial charge in [-0.05, 0) is 40.5 Å². The Labute approximate surface area is 91.5 Å². The van der Waals surface area contributed by atoms with Crippen LogP contribution in [0.3, 0.4) is 0 Å². The van der Waals surface area contributed by atoms with Crippen molar-refractivity contribution in [1.82, 2.24) is 5.32 Å². The Kier molecular flexibility index (Phi) is 2.87. The number of nitrogens with two attached hydrogens (primary N) is 1. The number of carbonyl (C=O) groups is 1. The first-order valence-electron chi connectivity index (χ1n) is 5.27. The molecule has 88 valence electrons.